The van der Waals surface area contributed by atoms with E-state index in [1.54, 1.807) is 0 Å². The van der Waals surface area contributed by atoms with Crippen LogP contribution in [0.4, 0.5) is 0 Å². The van der Waals surface area contributed by atoms with Crippen molar-refractivity contribution in [3.05, 3.63) is 0 Å². The first kappa shape index (κ1) is 16.8. The number of hydrogen-bond acceptors (Lipinski definition) is 3. The van der Waals surface area contributed by atoms with Gasteiger partial charge < -0.3 is 10.2 Å². The van der Waals surface area contributed by atoms with Gasteiger partial charge in [0, 0.05) is 38.6 Å². The third-order valence-electron chi connectivity index (χ3n) is 5.11. The first-order valence-corrected chi connectivity index (χ1v) is 8.89. The number of amides is 1. The predicted molar refractivity (Wildman–Crippen MR) is 87.4 cm³/mol. The van der Waals surface area contributed by atoms with E-state index in [0.717, 1.165) is 44.9 Å². The molecule has 21 heavy (non-hydrogen) atoms. The van der Waals surface area contributed by atoms with Gasteiger partial charge in [-0.25, -0.2) is 0 Å². The Hall–Kier alpha value is -0.610. The van der Waals surface area contributed by atoms with Crippen LogP contribution < -0.4 is 5.32 Å². The zero-order valence-corrected chi connectivity index (χ0v) is 13.9. The second-order valence-electron chi connectivity index (χ2n) is 6.95. The molecule has 4 heteroatoms. The Morgan fingerprint density at radius 1 is 1.10 bits per heavy atom. The topological polar surface area (TPSA) is 35.6 Å². The van der Waals surface area contributed by atoms with Crippen LogP contribution in [0.25, 0.3) is 0 Å². The summed E-state index contributed by atoms with van der Waals surface area (Å²) in [6, 6.07) is 0.604. The molecule has 122 valence electrons. The third-order valence-corrected chi connectivity index (χ3v) is 5.11. The van der Waals surface area contributed by atoms with Crippen LogP contribution in [-0.4, -0.2) is 61.0 Å². The summed E-state index contributed by atoms with van der Waals surface area (Å²) in [6.45, 7) is 10.8. The zero-order chi connectivity index (χ0) is 15.1. The highest BCUT2D eigenvalue weighted by molar-refractivity contribution is 5.76. The number of hydrogen-bond donors (Lipinski definition) is 1. The van der Waals surface area contributed by atoms with Gasteiger partial charge in [0.25, 0.3) is 0 Å². The minimum atomic E-state index is 0.378. The van der Waals surface area contributed by atoms with Crippen LogP contribution in [0.5, 0.6) is 0 Å². The molecular weight excluding hydrogens is 262 g/mol. The lowest BCUT2D eigenvalue weighted by molar-refractivity contribution is -0.133. The summed E-state index contributed by atoms with van der Waals surface area (Å²) >= 11 is 0. The average molecular weight is 295 g/mol. The smallest absolute Gasteiger partial charge is 0.222 e. The van der Waals surface area contributed by atoms with Crippen molar-refractivity contribution in [2.75, 3.05) is 39.3 Å². The van der Waals surface area contributed by atoms with E-state index in [4.69, 9.17) is 0 Å². The molecular formula is C17H33N3O. The van der Waals surface area contributed by atoms with Crippen molar-refractivity contribution in [1.82, 2.24) is 15.1 Å². The largest absolute Gasteiger partial charge is 0.340 e. The van der Waals surface area contributed by atoms with E-state index >= 15 is 0 Å². The summed E-state index contributed by atoms with van der Waals surface area (Å²) in [7, 11) is 0. The van der Waals surface area contributed by atoms with E-state index in [-0.39, 0.29) is 0 Å². The molecule has 0 aromatic rings. The van der Waals surface area contributed by atoms with E-state index in [1.165, 1.54) is 38.8 Å². The van der Waals surface area contributed by atoms with Gasteiger partial charge in [0.15, 0.2) is 0 Å². The first-order chi connectivity index (χ1) is 10.2. The molecule has 4 nitrogen and oxygen atoms in total. The molecule has 1 N–H and O–H groups in total. The van der Waals surface area contributed by atoms with Gasteiger partial charge in [0.05, 0.1) is 0 Å². The van der Waals surface area contributed by atoms with Crippen molar-refractivity contribution < 1.29 is 4.79 Å². The fourth-order valence-electron chi connectivity index (χ4n) is 3.53. The van der Waals surface area contributed by atoms with Gasteiger partial charge in [0.2, 0.25) is 5.91 Å². The molecule has 2 fully saturated rings. The Kier molecular flexibility index (Phi) is 6.97. The van der Waals surface area contributed by atoms with Gasteiger partial charge in [-0.05, 0) is 52.1 Å². The molecule has 0 atom stereocenters. The quantitative estimate of drug-likeness (QED) is 0.762. The molecule has 0 unspecified atom stereocenters. The zero-order valence-electron chi connectivity index (χ0n) is 13.9. The van der Waals surface area contributed by atoms with E-state index in [9.17, 15) is 4.79 Å². The molecule has 2 aliphatic heterocycles. The standard InChI is InChI=1S/C17H33N3O/c1-15(2)19-11-13-20(14-12-19)17(21)6-4-3-5-16-7-9-18-10-8-16/h15-16,18H,3-14H2,1-2H3. The van der Waals surface area contributed by atoms with E-state index < -0.39 is 0 Å². The fourth-order valence-corrected chi connectivity index (χ4v) is 3.53. The Bertz CT molecular complexity index is 305. The molecule has 0 bridgehead atoms. The second-order valence-corrected chi connectivity index (χ2v) is 6.95. The van der Waals surface area contributed by atoms with Gasteiger partial charge in [-0.3, -0.25) is 9.69 Å². The number of unbranched alkanes of at least 4 members (excludes halogenated alkanes) is 1. The normalized spacial score (nSPS) is 22.0. The fraction of sp³-hybridized carbons (Fsp3) is 0.941. The molecule has 0 aliphatic carbocycles. The van der Waals surface area contributed by atoms with Crippen molar-refractivity contribution in [1.29, 1.82) is 0 Å². The predicted octanol–water partition coefficient (Wildman–Crippen LogP) is 2.10. The van der Waals surface area contributed by atoms with Crippen LogP contribution in [0.3, 0.4) is 0 Å². The van der Waals surface area contributed by atoms with Crippen LogP contribution >= 0.6 is 0 Å². The minimum Gasteiger partial charge on any atom is -0.340 e. The highest BCUT2D eigenvalue weighted by Gasteiger charge is 2.22. The maximum Gasteiger partial charge on any atom is 0.222 e. The lowest BCUT2D eigenvalue weighted by atomic mass is 9.92. The summed E-state index contributed by atoms with van der Waals surface area (Å²) in [4.78, 5) is 16.8. The van der Waals surface area contributed by atoms with Gasteiger partial charge >= 0.3 is 0 Å². The Balaban J connectivity index is 1.55. The highest BCUT2D eigenvalue weighted by Crippen LogP contribution is 2.19. The number of piperidine rings is 1. The average Bonchev–Trinajstić information content (AvgIpc) is 2.52. The molecule has 1 amide bonds. The molecule has 0 saturated carbocycles. The van der Waals surface area contributed by atoms with Crippen LogP contribution in [0.15, 0.2) is 0 Å². The Labute approximate surface area is 130 Å². The van der Waals surface area contributed by atoms with Crippen LogP contribution in [-0.2, 0) is 4.79 Å². The summed E-state index contributed by atoms with van der Waals surface area (Å²) in [5.74, 6) is 1.28. The second kappa shape index (κ2) is 8.74. The number of nitrogens with zero attached hydrogens (tertiary/aromatic N) is 2. The minimum absolute atomic E-state index is 0.378. The molecule has 0 aromatic carbocycles. The van der Waals surface area contributed by atoms with Crippen LogP contribution in [0, 0.1) is 5.92 Å². The van der Waals surface area contributed by atoms with E-state index in [1.807, 2.05) is 0 Å². The third kappa shape index (κ3) is 5.59. The summed E-state index contributed by atoms with van der Waals surface area (Å²) in [6.07, 6.45) is 7.02. The summed E-state index contributed by atoms with van der Waals surface area (Å²) in [5, 5.41) is 3.41. The molecule has 2 rings (SSSR count). The maximum atomic E-state index is 12.2. The van der Waals surface area contributed by atoms with Crippen molar-refractivity contribution in [3.8, 4) is 0 Å². The lowest BCUT2D eigenvalue weighted by Crippen LogP contribution is -2.50. The van der Waals surface area contributed by atoms with Crippen molar-refractivity contribution in [3.63, 3.8) is 0 Å². The number of nitrogens with one attached hydrogen (secondary N) is 1. The van der Waals surface area contributed by atoms with Crippen molar-refractivity contribution in [2.45, 2.75) is 58.4 Å². The molecule has 0 aromatic heterocycles. The summed E-state index contributed by atoms with van der Waals surface area (Å²) < 4.78 is 0. The molecule has 2 saturated heterocycles. The Morgan fingerprint density at radius 2 is 1.76 bits per heavy atom. The SMILES string of the molecule is CC(C)N1CCN(C(=O)CCCCC2CCNCC2)CC1. The van der Waals surface area contributed by atoms with Crippen molar-refractivity contribution in [2.24, 2.45) is 5.92 Å². The number of piperazine rings is 1. The molecule has 2 aliphatic rings. The number of rotatable bonds is 6. The van der Waals surface area contributed by atoms with Crippen LogP contribution in [0.1, 0.15) is 52.4 Å². The van der Waals surface area contributed by atoms with E-state index in [2.05, 4.69) is 29.0 Å². The molecule has 0 spiro atoms. The lowest BCUT2D eigenvalue weighted by Gasteiger charge is -2.37. The molecule has 2 heterocycles. The first-order valence-electron chi connectivity index (χ1n) is 8.89. The Morgan fingerprint density at radius 3 is 2.38 bits per heavy atom. The number of carbonyl (C=O) groups excluding carboxylic acids is 1. The van der Waals surface area contributed by atoms with Gasteiger partial charge in [0.1, 0.15) is 0 Å². The van der Waals surface area contributed by atoms with Gasteiger partial charge in [-0.15, -0.1) is 0 Å². The monoisotopic (exact) mass is 295 g/mol. The van der Waals surface area contributed by atoms with Gasteiger partial charge in [-0.1, -0.05) is 12.8 Å². The summed E-state index contributed by atoms with van der Waals surface area (Å²) in [5.41, 5.74) is 0. The van der Waals surface area contributed by atoms with Gasteiger partial charge in [-0.2, -0.15) is 0 Å². The number of carbonyl (C=O) groups is 1. The van der Waals surface area contributed by atoms with E-state index in [0.29, 0.717) is 11.9 Å². The highest BCUT2D eigenvalue weighted by atomic mass is 16.2. The van der Waals surface area contributed by atoms with Crippen LogP contribution in [0.2, 0.25) is 0 Å². The van der Waals surface area contributed by atoms with Crippen molar-refractivity contribution >= 4 is 5.91 Å². The maximum absolute atomic E-state index is 12.2. The molecule has 0 radical (unpaired) electrons.